The van der Waals surface area contributed by atoms with Gasteiger partial charge in [-0.1, -0.05) is 30.3 Å². The molecule has 0 aliphatic carbocycles. The molecule has 20 heavy (non-hydrogen) atoms. The molecule has 0 aliphatic heterocycles. The summed E-state index contributed by atoms with van der Waals surface area (Å²) in [6.07, 6.45) is 0. The van der Waals surface area contributed by atoms with Crippen LogP contribution in [0.4, 0.5) is 0 Å². The maximum Gasteiger partial charge on any atom is 0.262 e. The van der Waals surface area contributed by atoms with Gasteiger partial charge in [0.2, 0.25) is 0 Å². The molecule has 0 fully saturated rings. The first-order chi connectivity index (χ1) is 9.63. The minimum absolute atomic E-state index is 0.0749. The Morgan fingerprint density at radius 1 is 1.20 bits per heavy atom. The lowest BCUT2D eigenvalue weighted by atomic mass is 10.1. The molecule has 3 aromatic rings. The number of hydrogen-bond donors (Lipinski definition) is 0. The molecule has 0 atom stereocenters. The summed E-state index contributed by atoms with van der Waals surface area (Å²) in [4.78, 5) is 19.1. The summed E-state index contributed by atoms with van der Waals surface area (Å²) in [6.45, 7) is 6.53. The van der Waals surface area contributed by atoms with E-state index in [1.807, 2.05) is 39.0 Å². The fraction of sp³-hybridized carbons (Fsp3) is 0.250. The second-order valence-corrected chi connectivity index (χ2v) is 5.81. The normalized spacial score (nSPS) is 11.2. The minimum atomic E-state index is 0.0749. The van der Waals surface area contributed by atoms with Gasteiger partial charge in [0.15, 0.2) is 0 Å². The molecule has 0 amide bonds. The number of thiophene rings is 1. The fourth-order valence-corrected chi connectivity index (χ4v) is 3.78. The van der Waals surface area contributed by atoms with E-state index in [9.17, 15) is 4.79 Å². The zero-order chi connectivity index (χ0) is 14.3. The van der Waals surface area contributed by atoms with Crippen LogP contribution >= 0.6 is 11.3 Å². The molecule has 0 spiro atoms. The summed E-state index contributed by atoms with van der Waals surface area (Å²) >= 11 is 1.60. The average molecular weight is 284 g/mol. The third-order valence-electron chi connectivity index (χ3n) is 3.59. The molecular formula is C16H16N2OS. The molecule has 3 nitrogen and oxygen atoms in total. The standard InChI is InChI=1S/C16H16N2OS/c1-4-18-11(3)17-15-13(16(18)19)10(2)14(20-15)12-8-6-5-7-9-12/h5-9H,4H2,1-3H3. The van der Waals surface area contributed by atoms with E-state index in [1.165, 1.54) is 0 Å². The quantitative estimate of drug-likeness (QED) is 0.718. The van der Waals surface area contributed by atoms with Crippen molar-refractivity contribution >= 4 is 21.6 Å². The van der Waals surface area contributed by atoms with E-state index in [2.05, 4.69) is 17.1 Å². The second kappa shape index (κ2) is 4.87. The van der Waals surface area contributed by atoms with Crippen molar-refractivity contribution in [3.05, 3.63) is 52.1 Å². The molecule has 0 unspecified atom stereocenters. The zero-order valence-corrected chi connectivity index (χ0v) is 12.6. The lowest BCUT2D eigenvalue weighted by Gasteiger charge is -2.05. The van der Waals surface area contributed by atoms with Crippen LogP contribution in [0.5, 0.6) is 0 Å². The van der Waals surface area contributed by atoms with Gasteiger partial charge in [0, 0.05) is 11.4 Å². The minimum Gasteiger partial charge on any atom is -0.297 e. The summed E-state index contributed by atoms with van der Waals surface area (Å²) in [6, 6.07) is 10.2. The largest absolute Gasteiger partial charge is 0.297 e. The predicted molar refractivity (Wildman–Crippen MR) is 84.5 cm³/mol. The van der Waals surface area contributed by atoms with E-state index < -0.39 is 0 Å². The first-order valence-corrected chi connectivity index (χ1v) is 7.51. The Bertz CT molecular complexity index is 831. The van der Waals surface area contributed by atoms with Gasteiger partial charge >= 0.3 is 0 Å². The molecule has 2 aromatic heterocycles. The molecule has 0 bridgehead atoms. The van der Waals surface area contributed by atoms with E-state index in [0.717, 1.165) is 32.0 Å². The molecular weight excluding hydrogens is 268 g/mol. The van der Waals surface area contributed by atoms with Crippen molar-refractivity contribution < 1.29 is 0 Å². The summed E-state index contributed by atoms with van der Waals surface area (Å²) in [7, 11) is 0. The fourth-order valence-electron chi connectivity index (χ4n) is 2.56. The summed E-state index contributed by atoms with van der Waals surface area (Å²) in [5.74, 6) is 0.783. The first kappa shape index (κ1) is 13.1. The van der Waals surface area contributed by atoms with Crippen molar-refractivity contribution in [1.29, 1.82) is 0 Å². The monoisotopic (exact) mass is 284 g/mol. The number of rotatable bonds is 2. The first-order valence-electron chi connectivity index (χ1n) is 6.69. The summed E-state index contributed by atoms with van der Waals surface area (Å²) in [5.41, 5.74) is 2.26. The predicted octanol–water partition coefficient (Wildman–Crippen LogP) is 3.76. The molecule has 3 rings (SSSR count). The van der Waals surface area contributed by atoms with Crippen LogP contribution in [0.2, 0.25) is 0 Å². The second-order valence-electron chi connectivity index (χ2n) is 4.81. The van der Waals surface area contributed by atoms with Crippen molar-refractivity contribution in [2.45, 2.75) is 27.3 Å². The number of benzene rings is 1. The summed E-state index contributed by atoms with van der Waals surface area (Å²) in [5, 5.41) is 0.765. The van der Waals surface area contributed by atoms with Gasteiger partial charge in [-0.25, -0.2) is 4.98 Å². The molecule has 0 aliphatic rings. The van der Waals surface area contributed by atoms with E-state index in [-0.39, 0.29) is 5.56 Å². The third kappa shape index (κ3) is 1.88. The number of hydrogen-bond acceptors (Lipinski definition) is 3. The van der Waals surface area contributed by atoms with E-state index in [4.69, 9.17) is 0 Å². The number of fused-ring (bicyclic) bond motifs is 1. The Morgan fingerprint density at radius 2 is 1.90 bits per heavy atom. The van der Waals surface area contributed by atoms with Crippen molar-refractivity contribution in [2.75, 3.05) is 0 Å². The van der Waals surface area contributed by atoms with Gasteiger partial charge in [0.05, 0.1) is 5.39 Å². The van der Waals surface area contributed by atoms with Gasteiger partial charge in [-0.2, -0.15) is 0 Å². The molecule has 2 heterocycles. The molecule has 0 saturated heterocycles. The van der Waals surface area contributed by atoms with Crippen LogP contribution in [0.25, 0.3) is 20.7 Å². The Labute approximate surface area is 121 Å². The van der Waals surface area contributed by atoms with Gasteiger partial charge in [-0.15, -0.1) is 11.3 Å². The van der Waals surface area contributed by atoms with Gasteiger partial charge in [-0.3, -0.25) is 9.36 Å². The molecule has 1 aromatic carbocycles. The topological polar surface area (TPSA) is 34.9 Å². The van der Waals surface area contributed by atoms with Crippen LogP contribution < -0.4 is 5.56 Å². The van der Waals surface area contributed by atoms with Crippen LogP contribution in [0, 0.1) is 13.8 Å². The van der Waals surface area contributed by atoms with Gasteiger partial charge in [0.25, 0.3) is 5.56 Å². The highest BCUT2D eigenvalue weighted by Gasteiger charge is 2.16. The molecule has 102 valence electrons. The highest BCUT2D eigenvalue weighted by molar-refractivity contribution is 7.22. The van der Waals surface area contributed by atoms with Gasteiger partial charge < -0.3 is 0 Å². The molecule has 0 saturated carbocycles. The van der Waals surface area contributed by atoms with Crippen molar-refractivity contribution in [1.82, 2.24) is 9.55 Å². The molecule has 4 heteroatoms. The van der Waals surface area contributed by atoms with Gasteiger partial charge in [-0.05, 0) is 31.9 Å². The van der Waals surface area contributed by atoms with Crippen LogP contribution in [-0.4, -0.2) is 9.55 Å². The molecule has 0 N–H and O–H groups in total. The van der Waals surface area contributed by atoms with Crippen molar-refractivity contribution in [3.63, 3.8) is 0 Å². The maximum absolute atomic E-state index is 12.6. The Balaban J connectivity index is 2.37. The highest BCUT2D eigenvalue weighted by Crippen LogP contribution is 2.35. The van der Waals surface area contributed by atoms with E-state index in [0.29, 0.717) is 6.54 Å². The van der Waals surface area contributed by atoms with Crippen LogP contribution in [-0.2, 0) is 6.54 Å². The van der Waals surface area contributed by atoms with Crippen molar-refractivity contribution in [3.8, 4) is 10.4 Å². The van der Waals surface area contributed by atoms with Gasteiger partial charge in [0.1, 0.15) is 10.7 Å². The number of aryl methyl sites for hydroxylation is 2. The lowest BCUT2D eigenvalue weighted by molar-refractivity contribution is 0.686. The average Bonchev–Trinajstić information content (AvgIpc) is 2.77. The van der Waals surface area contributed by atoms with Crippen molar-refractivity contribution in [2.24, 2.45) is 0 Å². The molecule has 0 radical (unpaired) electrons. The Kier molecular flexibility index (Phi) is 3.18. The maximum atomic E-state index is 12.6. The Morgan fingerprint density at radius 3 is 2.55 bits per heavy atom. The lowest BCUT2D eigenvalue weighted by Crippen LogP contribution is -2.22. The van der Waals surface area contributed by atoms with Crippen LogP contribution in [0.15, 0.2) is 35.1 Å². The third-order valence-corrected chi connectivity index (χ3v) is 4.83. The highest BCUT2D eigenvalue weighted by atomic mass is 32.1. The van der Waals surface area contributed by atoms with E-state index >= 15 is 0 Å². The number of nitrogens with zero attached hydrogens (tertiary/aromatic N) is 2. The van der Waals surface area contributed by atoms with Crippen LogP contribution in [0.3, 0.4) is 0 Å². The zero-order valence-electron chi connectivity index (χ0n) is 11.8. The Hall–Kier alpha value is -1.94. The van der Waals surface area contributed by atoms with Crippen LogP contribution in [0.1, 0.15) is 18.3 Å². The number of aromatic nitrogens is 2. The smallest absolute Gasteiger partial charge is 0.262 e. The van der Waals surface area contributed by atoms with E-state index in [1.54, 1.807) is 15.9 Å². The SMILES string of the molecule is CCn1c(C)nc2sc(-c3ccccc3)c(C)c2c1=O. The summed E-state index contributed by atoms with van der Waals surface area (Å²) < 4.78 is 1.73.